The zero-order valence-electron chi connectivity index (χ0n) is 9.79. The van der Waals surface area contributed by atoms with Crippen molar-refractivity contribution in [2.24, 2.45) is 5.73 Å². The first kappa shape index (κ1) is 12.9. The molecule has 0 radical (unpaired) electrons. The third kappa shape index (κ3) is 3.70. The lowest BCUT2D eigenvalue weighted by molar-refractivity contribution is -0.0282. The molecule has 0 saturated carbocycles. The van der Waals surface area contributed by atoms with Crippen LogP contribution in [0, 0.1) is 0 Å². The number of morpholine rings is 1. The Bertz CT molecular complexity index is 168. The highest BCUT2D eigenvalue weighted by Crippen LogP contribution is 2.10. The Morgan fingerprint density at radius 3 is 2.60 bits per heavy atom. The van der Waals surface area contributed by atoms with E-state index in [0.717, 1.165) is 32.7 Å². The molecule has 1 fully saturated rings. The maximum absolute atomic E-state index is 5.82. The minimum Gasteiger partial charge on any atom is -0.383 e. The lowest BCUT2D eigenvalue weighted by Gasteiger charge is -2.39. The number of ether oxygens (including phenoxy) is 2. The highest BCUT2D eigenvalue weighted by molar-refractivity contribution is 4.87. The largest absolute Gasteiger partial charge is 0.383 e. The van der Waals surface area contributed by atoms with Crippen molar-refractivity contribution in [1.29, 1.82) is 0 Å². The van der Waals surface area contributed by atoms with Crippen molar-refractivity contribution >= 4 is 0 Å². The molecular weight excluding hydrogens is 194 g/mol. The number of hydrogen-bond donors (Lipinski definition) is 2. The lowest BCUT2D eigenvalue weighted by Crippen LogP contribution is -2.62. The van der Waals surface area contributed by atoms with E-state index in [1.54, 1.807) is 7.11 Å². The normalized spacial score (nSPS) is 22.6. The van der Waals surface area contributed by atoms with Crippen LogP contribution in [0.2, 0.25) is 0 Å². The summed E-state index contributed by atoms with van der Waals surface area (Å²) < 4.78 is 10.5. The Morgan fingerprint density at radius 1 is 1.47 bits per heavy atom. The van der Waals surface area contributed by atoms with Crippen molar-refractivity contribution in [3.05, 3.63) is 0 Å². The maximum atomic E-state index is 5.82. The SMILES string of the molecule is CCC(CN)(COC)NN1CCOCC1. The molecule has 3 N–H and O–H groups in total. The Morgan fingerprint density at radius 2 is 2.13 bits per heavy atom. The summed E-state index contributed by atoms with van der Waals surface area (Å²) in [4.78, 5) is 0. The van der Waals surface area contributed by atoms with Gasteiger partial charge in [-0.15, -0.1) is 0 Å². The molecule has 1 aliphatic rings. The quantitative estimate of drug-likeness (QED) is 0.632. The summed E-state index contributed by atoms with van der Waals surface area (Å²) in [7, 11) is 1.71. The van der Waals surface area contributed by atoms with Crippen LogP contribution in [0.25, 0.3) is 0 Å². The number of methoxy groups -OCH3 is 1. The first-order chi connectivity index (χ1) is 7.26. The molecule has 1 atom stereocenters. The summed E-state index contributed by atoms with van der Waals surface area (Å²) in [5.41, 5.74) is 9.16. The zero-order chi connectivity index (χ0) is 11.1. The van der Waals surface area contributed by atoms with Gasteiger partial charge in [0.15, 0.2) is 0 Å². The van der Waals surface area contributed by atoms with Gasteiger partial charge in [0.25, 0.3) is 0 Å². The molecule has 0 bridgehead atoms. The molecule has 0 aromatic carbocycles. The molecule has 0 spiro atoms. The van der Waals surface area contributed by atoms with E-state index in [2.05, 4.69) is 17.4 Å². The van der Waals surface area contributed by atoms with Gasteiger partial charge in [0.1, 0.15) is 0 Å². The van der Waals surface area contributed by atoms with Gasteiger partial charge in [-0.1, -0.05) is 6.92 Å². The van der Waals surface area contributed by atoms with Crippen LogP contribution in [0.3, 0.4) is 0 Å². The maximum Gasteiger partial charge on any atom is 0.0678 e. The highest BCUT2D eigenvalue weighted by Gasteiger charge is 2.29. The topological polar surface area (TPSA) is 59.8 Å². The van der Waals surface area contributed by atoms with E-state index in [0.29, 0.717) is 13.2 Å². The van der Waals surface area contributed by atoms with Crippen LogP contribution in [0.15, 0.2) is 0 Å². The van der Waals surface area contributed by atoms with Crippen LogP contribution in [0.1, 0.15) is 13.3 Å². The molecule has 1 aliphatic heterocycles. The first-order valence-corrected chi connectivity index (χ1v) is 5.56. The number of rotatable bonds is 6. The Kier molecular flexibility index (Phi) is 5.49. The second-order valence-corrected chi connectivity index (χ2v) is 3.98. The summed E-state index contributed by atoms with van der Waals surface area (Å²) in [6, 6.07) is 0. The van der Waals surface area contributed by atoms with Gasteiger partial charge in [-0.25, -0.2) is 10.4 Å². The van der Waals surface area contributed by atoms with Gasteiger partial charge in [-0.2, -0.15) is 0 Å². The van der Waals surface area contributed by atoms with E-state index in [4.69, 9.17) is 15.2 Å². The molecule has 0 aromatic heterocycles. The van der Waals surface area contributed by atoms with Gasteiger partial charge >= 0.3 is 0 Å². The van der Waals surface area contributed by atoms with Crippen LogP contribution in [-0.4, -0.2) is 57.1 Å². The standard InChI is InChI=1S/C10H23N3O2/c1-3-10(8-11,9-14-2)12-13-4-6-15-7-5-13/h12H,3-9,11H2,1-2H3. The second-order valence-electron chi connectivity index (χ2n) is 3.98. The minimum absolute atomic E-state index is 0.133. The van der Waals surface area contributed by atoms with Crippen molar-refractivity contribution in [2.75, 3.05) is 46.6 Å². The molecule has 90 valence electrons. The molecule has 5 heteroatoms. The predicted octanol–water partition coefficient (Wildman–Crippen LogP) is -0.423. The van der Waals surface area contributed by atoms with Crippen molar-refractivity contribution in [3.63, 3.8) is 0 Å². The van der Waals surface area contributed by atoms with Crippen LogP contribution in [0.4, 0.5) is 0 Å². The van der Waals surface area contributed by atoms with E-state index in [-0.39, 0.29) is 5.54 Å². The van der Waals surface area contributed by atoms with Gasteiger partial charge in [0.05, 0.1) is 25.4 Å². The van der Waals surface area contributed by atoms with Gasteiger partial charge in [-0.05, 0) is 6.42 Å². The molecule has 1 rings (SSSR count). The molecule has 15 heavy (non-hydrogen) atoms. The van der Waals surface area contributed by atoms with Crippen molar-refractivity contribution < 1.29 is 9.47 Å². The highest BCUT2D eigenvalue weighted by atomic mass is 16.5. The van der Waals surface area contributed by atoms with Gasteiger partial charge < -0.3 is 15.2 Å². The Hall–Kier alpha value is -0.200. The Balaban J connectivity index is 2.47. The van der Waals surface area contributed by atoms with Gasteiger partial charge in [0, 0.05) is 26.7 Å². The first-order valence-electron chi connectivity index (χ1n) is 5.56. The number of nitrogens with two attached hydrogens (primary N) is 1. The van der Waals surface area contributed by atoms with Crippen LogP contribution < -0.4 is 11.2 Å². The average Bonchev–Trinajstić information content (AvgIpc) is 2.30. The van der Waals surface area contributed by atoms with E-state index in [1.807, 2.05) is 0 Å². The predicted molar refractivity (Wildman–Crippen MR) is 59.5 cm³/mol. The Labute approximate surface area is 91.9 Å². The third-order valence-corrected chi connectivity index (χ3v) is 2.89. The second kappa shape index (κ2) is 6.40. The number of hydrazine groups is 1. The summed E-state index contributed by atoms with van der Waals surface area (Å²) in [6.45, 7) is 6.72. The van der Waals surface area contributed by atoms with E-state index in [9.17, 15) is 0 Å². The van der Waals surface area contributed by atoms with Gasteiger partial charge in [-0.3, -0.25) is 0 Å². The number of nitrogens with one attached hydrogen (secondary N) is 1. The molecular formula is C10H23N3O2. The molecule has 1 unspecified atom stereocenters. The number of nitrogens with zero attached hydrogens (tertiary/aromatic N) is 1. The van der Waals surface area contributed by atoms with Crippen LogP contribution in [-0.2, 0) is 9.47 Å². The van der Waals surface area contributed by atoms with Crippen LogP contribution >= 0.6 is 0 Å². The van der Waals surface area contributed by atoms with Crippen molar-refractivity contribution in [3.8, 4) is 0 Å². The van der Waals surface area contributed by atoms with E-state index >= 15 is 0 Å². The molecule has 5 nitrogen and oxygen atoms in total. The molecule has 0 aromatic rings. The smallest absolute Gasteiger partial charge is 0.0678 e. The third-order valence-electron chi connectivity index (χ3n) is 2.89. The monoisotopic (exact) mass is 217 g/mol. The summed E-state index contributed by atoms with van der Waals surface area (Å²) in [5.74, 6) is 0. The fourth-order valence-corrected chi connectivity index (χ4v) is 1.75. The van der Waals surface area contributed by atoms with E-state index in [1.165, 1.54) is 0 Å². The molecule has 0 amide bonds. The van der Waals surface area contributed by atoms with Gasteiger partial charge in [0.2, 0.25) is 0 Å². The summed E-state index contributed by atoms with van der Waals surface area (Å²) in [6.07, 6.45) is 0.953. The summed E-state index contributed by atoms with van der Waals surface area (Å²) in [5, 5.41) is 2.18. The fourth-order valence-electron chi connectivity index (χ4n) is 1.75. The van der Waals surface area contributed by atoms with Crippen molar-refractivity contribution in [1.82, 2.24) is 10.4 Å². The summed E-state index contributed by atoms with van der Waals surface area (Å²) >= 11 is 0. The molecule has 1 saturated heterocycles. The van der Waals surface area contributed by atoms with E-state index < -0.39 is 0 Å². The minimum atomic E-state index is -0.133. The fraction of sp³-hybridized carbons (Fsp3) is 1.00. The van der Waals surface area contributed by atoms with Crippen molar-refractivity contribution in [2.45, 2.75) is 18.9 Å². The molecule has 1 heterocycles. The number of hydrogen-bond acceptors (Lipinski definition) is 5. The molecule has 0 aliphatic carbocycles. The van der Waals surface area contributed by atoms with Crippen LogP contribution in [0.5, 0.6) is 0 Å². The average molecular weight is 217 g/mol. The zero-order valence-corrected chi connectivity index (χ0v) is 9.79. The lowest BCUT2D eigenvalue weighted by atomic mass is 9.98.